The maximum atomic E-state index is 9.27. The van der Waals surface area contributed by atoms with Crippen molar-refractivity contribution in [2.45, 2.75) is 39.5 Å². The van der Waals surface area contributed by atoms with E-state index in [0.29, 0.717) is 0 Å². The summed E-state index contributed by atoms with van der Waals surface area (Å²) in [5.41, 5.74) is 3.59. The molecular weight excluding hydrogens is 196 g/mol. The van der Waals surface area contributed by atoms with Crippen molar-refractivity contribution in [2.75, 3.05) is 6.61 Å². The van der Waals surface area contributed by atoms with E-state index in [1.165, 1.54) is 30.4 Å². The molecule has 1 N–H and O–H groups in total. The van der Waals surface area contributed by atoms with Gasteiger partial charge in [-0.1, -0.05) is 55.7 Å². The van der Waals surface area contributed by atoms with Crippen LogP contribution in [-0.4, -0.2) is 11.7 Å². The highest BCUT2D eigenvalue weighted by molar-refractivity contribution is 5.53. The van der Waals surface area contributed by atoms with Gasteiger partial charge < -0.3 is 5.11 Å². The van der Waals surface area contributed by atoms with E-state index in [2.05, 4.69) is 44.2 Å². The fourth-order valence-electron chi connectivity index (χ4n) is 1.70. The molecule has 1 heteroatoms. The molecule has 0 saturated heterocycles. The first-order chi connectivity index (χ1) is 7.76. The Balaban J connectivity index is 2.60. The molecule has 1 rings (SSSR count). The average molecular weight is 218 g/mol. The molecule has 0 unspecified atom stereocenters. The summed E-state index contributed by atoms with van der Waals surface area (Å²) in [5, 5.41) is 9.27. The summed E-state index contributed by atoms with van der Waals surface area (Å²) in [7, 11) is 0. The Kier molecular flexibility index (Phi) is 5.87. The highest BCUT2D eigenvalue weighted by atomic mass is 16.3. The molecule has 1 aromatic carbocycles. The fourth-order valence-corrected chi connectivity index (χ4v) is 1.70. The van der Waals surface area contributed by atoms with E-state index in [-0.39, 0.29) is 6.61 Å². The van der Waals surface area contributed by atoms with Crippen molar-refractivity contribution < 1.29 is 5.11 Å². The van der Waals surface area contributed by atoms with Crippen LogP contribution >= 0.6 is 0 Å². The number of rotatable bonds is 6. The maximum absolute atomic E-state index is 9.27. The largest absolute Gasteiger partial charge is 0.392 e. The van der Waals surface area contributed by atoms with Crippen LogP contribution in [0.25, 0.3) is 6.08 Å². The van der Waals surface area contributed by atoms with Crippen LogP contribution < -0.4 is 0 Å². The molecule has 0 saturated carbocycles. The first kappa shape index (κ1) is 13.0. The van der Waals surface area contributed by atoms with Gasteiger partial charge in [-0.2, -0.15) is 0 Å². The van der Waals surface area contributed by atoms with Crippen molar-refractivity contribution in [3.05, 3.63) is 41.0 Å². The van der Waals surface area contributed by atoms with E-state index >= 15 is 0 Å². The van der Waals surface area contributed by atoms with Crippen LogP contribution in [0, 0.1) is 6.92 Å². The lowest BCUT2D eigenvalue weighted by Crippen LogP contribution is -1.91. The molecule has 0 fully saturated rings. The van der Waals surface area contributed by atoms with Gasteiger partial charge in [-0.3, -0.25) is 0 Å². The van der Waals surface area contributed by atoms with Crippen LogP contribution in [-0.2, 0) is 0 Å². The molecule has 0 spiro atoms. The highest BCUT2D eigenvalue weighted by Gasteiger charge is 1.96. The molecule has 0 aromatic heterocycles. The zero-order chi connectivity index (χ0) is 11.8. The van der Waals surface area contributed by atoms with Crippen molar-refractivity contribution in [1.29, 1.82) is 0 Å². The van der Waals surface area contributed by atoms with E-state index in [9.17, 15) is 5.11 Å². The summed E-state index contributed by atoms with van der Waals surface area (Å²) in [6.07, 6.45) is 6.76. The number of aliphatic hydroxyl groups excluding tert-OH is 1. The van der Waals surface area contributed by atoms with E-state index in [1.54, 1.807) is 0 Å². The van der Waals surface area contributed by atoms with Crippen LogP contribution in [0.1, 0.15) is 43.7 Å². The Labute approximate surface area is 98.8 Å². The summed E-state index contributed by atoms with van der Waals surface area (Å²) in [6, 6.07) is 8.41. The van der Waals surface area contributed by atoms with Crippen molar-refractivity contribution in [2.24, 2.45) is 0 Å². The van der Waals surface area contributed by atoms with Gasteiger partial charge in [0, 0.05) is 0 Å². The van der Waals surface area contributed by atoms with E-state index in [0.717, 1.165) is 12.0 Å². The fraction of sp³-hybridized carbons (Fsp3) is 0.467. The Morgan fingerprint density at radius 1 is 1.19 bits per heavy atom. The number of hydrogen-bond donors (Lipinski definition) is 1. The molecule has 1 nitrogen and oxygen atoms in total. The number of aryl methyl sites for hydroxylation is 1. The maximum Gasteiger partial charge on any atom is 0.0645 e. The van der Waals surface area contributed by atoms with Crippen LogP contribution in [0.2, 0.25) is 0 Å². The standard InChI is InChI=1S/C15H22O/c1-3-4-5-6-15(12-16)11-14-9-7-13(2)8-10-14/h7-11,16H,3-6,12H2,1-2H3. The van der Waals surface area contributed by atoms with Crippen molar-refractivity contribution in [1.82, 2.24) is 0 Å². The summed E-state index contributed by atoms with van der Waals surface area (Å²) in [6.45, 7) is 4.46. The molecule has 0 heterocycles. The van der Waals surface area contributed by atoms with E-state index in [4.69, 9.17) is 0 Å². The number of aliphatic hydroxyl groups is 1. The highest BCUT2D eigenvalue weighted by Crippen LogP contribution is 2.13. The number of benzene rings is 1. The van der Waals surface area contributed by atoms with Crippen LogP contribution in [0.5, 0.6) is 0 Å². The van der Waals surface area contributed by atoms with Gasteiger partial charge in [0.1, 0.15) is 0 Å². The normalized spacial score (nSPS) is 11.8. The van der Waals surface area contributed by atoms with Gasteiger partial charge in [0.15, 0.2) is 0 Å². The van der Waals surface area contributed by atoms with Crippen LogP contribution in [0.4, 0.5) is 0 Å². The lowest BCUT2D eigenvalue weighted by Gasteiger charge is -2.04. The second kappa shape index (κ2) is 7.24. The number of unbranched alkanes of at least 4 members (excludes halogenated alkanes) is 2. The van der Waals surface area contributed by atoms with Gasteiger partial charge in [-0.25, -0.2) is 0 Å². The van der Waals surface area contributed by atoms with Gasteiger partial charge in [0.25, 0.3) is 0 Å². The molecule has 16 heavy (non-hydrogen) atoms. The van der Waals surface area contributed by atoms with Crippen LogP contribution in [0.15, 0.2) is 29.8 Å². The third-order valence-electron chi connectivity index (χ3n) is 2.75. The first-order valence-corrected chi connectivity index (χ1v) is 6.13. The smallest absolute Gasteiger partial charge is 0.0645 e. The van der Waals surface area contributed by atoms with Gasteiger partial charge in [0.05, 0.1) is 6.61 Å². The Morgan fingerprint density at radius 3 is 2.44 bits per heavy atom. The molecule has 0 atom stereocenters. The quantitative estimate of drug-likeness (QED) is 0.717. The molecule has 0 aliphatic carbocycles. The lowest BCUT2D eigenvalue weighted by molar-refractivity contribution is 0.326. The Bertz CT molecular complexity index is 322. The topological polar surface area (TPSA) is 20.2 Å². The predicted octanol–water partition coefficient (Wildman–Crippen LogP) is 3.95. The SMILES string of the molecule is CCCCCC(=Cc1ccc(C)cc1)CO. The second-order valence-electron chi connectivity index (χ2n) is 4.33. The third kappa shape index (κ3) is 4.63. The molecule has 1 aromatic rings. The Hall–Kier alpha value is -1.08. The molecule has 0 aliphatic rings. The third-order valence-corrected chi connectivity index (χ3v) is 2.75. The van der Waals surface area contributed by atoms with Gasteiger partial charge in [0.2, 0.25) is 0 Å². The molecule has 0 aliphatic heterocycles. The summed E-state index contributed by atoms with van der Waals surface area (Å²) in [5.74, 6) is 0. The monoisotopic (exact) mass is 218 g/mol. The van der Waals surface area contributed by atoms with Crippen molar-refractivity contribution in [3.63, 3.8) is 0 Å². The minimum atomic E-state index is 0.178. The summed E-state index contributed by atoms with van der Waals surface area (Å²) in [4.78, 5) is 0. The Morgan fingerprint density at radius 2 is 1.88 bits per heavy atom. The molecular formula is C15H22O. The minimum absolute atomic E-state index is 0.178. The molecule has 0 radical (unpaired) electrons. The zero-order valence-electron chi connectivity index (χ0n) is 10.4. The van der Waals surface area contributed by atoms with E-state index < -0.39 is 0 Å². The molecule has 0 amide bonds. The average Bonchev–Trinajstić information content (AvgIpc) is 2.31. The summed E-state index contributed by atoms with van der Waals surface area (Å²) >= 11 is 0. The lowest BCUT2D eigenvalue weighted by atomic mass is 10.0. The first-order valence-electron chi connectivity index (χ1n) is 6.13. The van der Waals surface area contributed by atoms with Crippen LogP contribution in [0.3, 0.4) is 0 Å². The molecule has 88 valence electrons. The van der Waals surface area contributed by atoms with Gasteiger partial charge in [-0.05, 0) is 30.9 Å². The van der Waals surface area contributed by atoms with Crippen molar-refractivity contribution >= 4 is 6.08 Å². The predicted molar refractivity (Wildman–Crippen MR) is 70.4 cm³/mol. The summed E-state index contributed by atoms with van der Waals surface area (Å²) < 4.78 is 0. The molecule has 0 bridgehead atoms. The van der Waals surface area contributed by atoms with Gasteiger partial charge >= 0.3 is 0 Å². The van der Waals surface area contributed by atoms with Gasteiger partial charge in [-0.15, -0.1) is 0 Å². The zero-order valence-corrected chi connectivity index (χ0v) is 10.4. The van der Waals surface area contributed by atoms with E-state index in [1.807, 2.05) is 0 Å². The van der Waals surface area contributed by atoms with Crippen molar-refractivity contribution in [3.8, 4) is 0 Å². The number of hydrogen-bond acceptors (Lipinski definition) is 1. The minimum Gasteiger partial charge on any atom is -0.392 e. The second-order valence-corrected chi connectivity index (χ2v) is 4.33.